The molecule has 0 aliphatic heterocycles. The number of nitrogens with zero attached hydrogens (tertiary/aromatic N) is 1. The van der Waals surface area contributed by atoms with Crippen LogP contribution < -0.4 is 10.6 Å². The van der Waals surface area contributed by atoms with E-state index in [2.05, 4.69) is 4.74 Å². The van der Waals surface area contributed by atoms with Crippen LogP contribution in [-0.4, -0.2) is 42.6 Å². The maximum absolute atomic E-state index is 12.2. The van der Waals surface area contributed by atoms with Gasteiger partial charge in [0.05, 0.1) is 19.6 Å². The number of hydrogen-bond donors (Lipinski definition) is 2. The summed E-state index contributed by atoms with van der Waals surface area (Å²) in [5.74, 6) is -2.45. The summed E-state index contributed by atoms with van der Waals surface area (Å²) in [5.41, 5.74) is 6.00. The maximum Gasteiger partial charge on any atom is 0.325 e. The van der Waals surface area contributed by atoms with Gasteiger partial charge in [-0.15, -0.1) is 0 Å². The number of carbonyl (C=O) groups excluding carboxylic acids is 2. The summed E-state index contributed by atoms with van der Waals surface area (Å²) in [7, 11) is 1.20. The van der Waals surface area contributed by atoms with E-state index in [9.17, 15) is 14.4 Å². The molecule has 0 spiro atoms. The van der Waals surface area contributed by atoms with Crippen LogP contribution in [0.2, 0.25) is 0 Å². The molecule has 1 amide bonds. The van der Waals surface area contributed by atoms with Crippen LogP contribution in [0.5, 0.6) is 0 Å². The third-order valence-corrected chi connectivity index (χ3v) is 2.56. The molecule has 0 unspecified atom stereocenters. The Balaban J connectivity index is 2.95. The number of anilines is 1. The molecule has 0 fully saturated rings. The summed E-state index contributed by atoms with van der Waals surface area (Å²) >= 11 is 0. The number of methoxy groups -OCH3 is 1. The van der Waals surface area contributed by atoms with Crippen molar-refractivity contribution in [3.63, 3.8) is 0 Å². The van der Waals surface area contributed by atoms with Crippen molar-refractivity contribution in [2.75, 3.05) is 18.6 Å². The molecule has 1 atom stereocenters. The molecule has 1 aromatic rings. The zero-order valence-electron chi connectivity index (χ0n) is 11.0. The minimum absolute atomic E-state index is 0.327. The Labute approximate surface area is 115 Å². The smallest absolute Gasteiger partial charge is 0.325 e. The summed E-state index contributed by atoms with van der Waals surface area (Å²) in [4.78, 5) is 35.3. The Morgan fingerprint density at radius 1 is 1.30 bits per heavy atom. The lowest BCUT2D eigenvalue weighted by Gasteiger charge is -2.24. The van der Waals surface area contributed by atoms with Crippen LogP contribution in [0.4, 0.5) is 5.69 Å². The van der Waals surface area contributed by atoms with Crippen LogP contribution >= 0.6 is 0 Å². The van der Waals surface area contributed by atoms with Crippen molar-refractivity contribution in [1.29, 1.82) is 0 Å². The van der Waals surface area contributed by atoms with E-state index in [-0.39, 0.29) is 6.54 Å². The fourth-order valence-corrected chi connectivity index (χ4v) is 1.57. The first-order valence-corrected chi connectivity index (χ1v) is 5.86. The van der Waals surface area contributed by atoms with Gasteiger partial charge in [0.25, 0.3) is 0 Å². The topological polar surface area (TPSA) is 110 Å². The number of esters is 1. The second kappa shape index (κ2) is 7.25. The zero-order chi connectivity index (χ0) is 15.1. The lowest BCUT2D eigenvalue weighted by Crippen LogP contribution is -2.47. The van der Waals surface area contributed by atoms with E-state index in [1.54, 1.807) is 30.3 Å². The van der Waals surface area contributed by atoms with E-state index >= 15 is 0 Å². The highest BCUT2D eigenvalue weighted by molar-refractivity contribution is 6.01. The van der Waals surface area contributed by atoms with E-state index in [1.165, 1.54) is 7.11 Å². The molecular weight excluding hydrogens is 264 g/mol. The van der Waals surface area contributed by atoms with Crippen LogP contribution in [-0.2, 0) is 19.1 Å². The molecule has 0 aliphatic carbocycles. The Morgan fingerprint density at radius 3 is 2.40 bits per heavy atom. The van der Waals surface area contributed by atoms with E-state index in [4.69, 9.17) is 10.8 Å². The second-order valence-electron chi connectivity index (χ2n) is 4.04. The van der Waals surface area contributed by atoms with Crippen molar-refractivity contribution < 1.29 is 24.2 Å². The third-order valence-electron chi connectivity index (χ3n) is 2.56. The standard InChI is InChI=1S/C13H16N2O5/c1-20-12(18)8-15(9-5-3-2-4-6-9)13(19)10(14)7-11(16)17/h2-6,10H,7-8,14H2,1H3,(H,16,17)/t10-/m0/s1. The Kier molecular flexibility index (Phi) is 5.67. The summed E-state index contributed by atoms with van der Waals surface area (Å²) in [5, 5.41) is 8.67. The Morgan fingerprint density at radius 2 is 1.90 bits per heavy atom. The van der Waals surface area contributed by atoms with Crippen molar-refractivity contribution in [2.45, 2.75) is 12.5 Å². The van der Waals surface area contributed by atoms with Crippen molar-refractivity contribution in [3.05, 3.63) is 30.3 Å². The summed E-state index contributed by atoms with van der Waals surface area (Å²) < 4.78 is 4.52. The molecule has 108 valence electrons. The second-order valence-corrected chi connectivity index (χ2v) is 4.04. The van der Waals surface area contributed by atoms with E-state index < -0.39 is 30.3 Å². The number of rotatable bonds is 6. The van der Waals surface area contributed by atoms with Gasteiger partial charge in [-0.05, 0) is 12.1 Å². The van der Waals surface area contributed by atoms with Crippen molar-refractivity contribution >= 4 is 23.5 Å². The van der Waals surface area contributed by atoms with Crippen LogP contribution in [0.25, 0.3) is 0 Å². The van der Waals surface area contributed by atoms with E-state index in [0.717, 1.165) is 4.90 Å². The molecule has 0 saturated carbocycles. The number of carboxylic acid groups (broad SMARTS) is 1. The fourth-order valence-electron chi connectivity index (χ4n) is 1.57. The van der Waals surface area contributed by atoms with E-state index in [0.29, 0.717) is 5.69 Å². The van der Waals surface area contributed by atoms with Gasteiger partial charge < -0.3 is 15.6 Å². The van der Waals surface area contributed by atoms with Gasteiger partial charge in [-0.25, -0.2) is 0 Å². The molecule has 0 radical (unpaired) electrons. The zero-order valence-corrected chi connectivity index (χ0v) is 11.0. The number of carbonyl (C=O) groups is 3. The molecular formula is C13H16N2O5. The third kappa shape index (κ3) is 4.36. The number of ether oxygens (including phenoxy) is 1. The maximum atomic E-state index is 12.2. The highest BCUT2D eigenvalue weighted by Crippen LogP contribution is 2.15. The summed E-state index contributed by atoms with van der Waals surface area (Å²) in [6, 6.07) is 7.15. The van der Waals surface area contributed by atoms with Crippen LogP contribution in [0, 0.1) is 0 Å². The SMILES string of the molecule is COC(=O)CN(C(=O)[C@@H](N)CC(=O)O)c1ccccc1. The molecule has 7 heteroatoms. The van der Waals surface area contributed by atoms with Crippen molar-refractivity contribution in [1.82, 2.24) is 0 Å². The number of carboxylic acids is 1. The lowest BCUT2D eigenvalue weighted by atomic mass is 10.1. The molecule has 0 aromatic heterocycles. The minimum Gasteiger partial charge on any atom is -0.481 e. The number of hydrogen-bond acceptors (Lipinski definition) is 5. The number of nitrogens with two attached hydrogens (primary N) is 1. The number of amides is 1. The highest BCUT2D eigenvalue weighted by Gasteiger charge is 2.26. The van der Waals surface area contributed by atoms with Gasteiger partial charge in [0.1, 0.15) is 6.54 Å². The van der Waals surface area contributed by atoms with Gasteiger partial charge in [0.2, 0.25) is 5.91 Å². The van der Waals surface area contributed by atoms with Crippen LogP contribution in [0.3, 0.4) is 0 Å². The number of benzene rings is 1. The summed E-state index contributed by atoms with van der Waals surface area (Å²) in [6.07, 6.45) is -0.511. The fraction of sp³-hybridized carbons (Fsp3) is 0.308. The van der Waals surface area contributed by atoms with Gasteiger partial charge in [-0.2, -0.15) is 0 Å². The average molecular weight is 280 g/mol. The Hall–Kier alpha value is -2.41. The van der Waals surface area contributed by atoms with Gasteiger partial charge in [-0.1, -0.05) is 18.2 Å². The first kappa shape index (κ1) is 15.6. The molecule has 1 rings (SSSR count). The first-order chi connectivity index (χ1) is 9.45. The molecule has 0 saturated heterocycles. The van der Waals surface area contributed by atoms with Gasteiger partial charge >= 0.3 is 11.9 Å². The molecule has 0 heterocycles. The van der Waals surface area contributed by atoms with Gasteiger partial charge in [0, 0.05) is 5.69 Å². The molecule has 7 nitrogen and oxygen atoms in total. The predicted octanol–water partition coefficient (Wildman–Crippen LogP) is -0.00540. The van der Waals surface area contributed by atoms with Crippen molar-refractivity contribution in [3.8, 4) is 0 Å². The van der Waals surface area contributed by atoms with E-state index in [1.807, 2.05) is 0 Å². The Bertz CT molecular complexity index is 489. The lowest BCUT2D eigenvalue weighted by molar-refractivity contribution is -0.140. The predicted molar refractivity (Wildman–Crippen MR) is 71.0 cm³/mol. The summed E-state index contributed by atoms with van der Waals surface area (Å²) in [6.45, 7) is -0.327. The van der Waals surface area contributed by atoms with Crippen molar-refractivity contribution in [2.24, 2.45) is 5.73 Å². The molecule has 0 bridgehead atoms. The van der Waals surface area contributed by atoms with Crippen LogP contribution in [0.15, 0.2) is 30.3 Å². The molecule has 1 aromatic carbocycles. The number of aliphatic carboxylic acids is 1. The van der Waals surface area contributed by atoms with Gasteiger partial charge in [-0.3, -0.25) is 19.3 Å². The van der Waals surface area contributed by atoms with Crippen LogP contribution in [0.1, 0.15) is 6.42 Å². The largest absolute Gasteiger partial charge is 0.481 e. The molecule has 3 N–H and O–H groups in total. The monoisotopic (exact) mass is 280 g/mol. The number of para-hydroxylation sites is 1. The average Bonchev–Trinajstić information content (AvgIpc) is 2.43. The first-order valence-electron chi connectivity index (χ1n) is 5.86. The quantitative estimate of drug-likeness (QED) is 0.709. The normalized spacial score (nSPS) is 11.5. The molecule has 0 aliphatic rings. The highest BCUT2D eigenvalue weighted by atomic mass is 16.5. The molecule has 20 heavy (non-hydrogen) atoms. The minimum atomic E-state index is -1.22. The van der Waals surface area contributed by atoms with Gasteiger partial charge in [0.15, 0.2) is 0 Å².